The van der Waals surface area contributed by atoms with Gasteiger partial charge in [-0.05, 0) is 43.2 Å². The van der Waals surface area contributed by atoms with E-state index in [-0.39, 0.29) is 17.8 Å². The number of carbonyl (C=O) groups is 1. The van der Waals surface area contributed by atoms with Gasteiger partial charge in [-0.25, -0.2) is 0 Å². The Bertz CT molecular complexity index is 305. The predicted molar refractivity (Wildman–Crippen MR) is 77.0 cm³/mol. The topological polar surface area (TPSA) is 32.3 Å². The molecule has 2 fully saturated rings. The van der Waals surface area contributed by atoms with E-state index >= 15 is 0 Å². The zero-order valence-corrected chi connectivity index (χ0v) is 12.9. The summed E-state index contributed by atoms with van der Waals surface area (Å²) in [6.07, 6.45) is 3.50. The van der Waals surface area contributed by atoms with E-state index < -0.39 is 0 Å². The van der Waals surface area contributed by atoms with Crippen LogP contribution in [-0.2, 0) is 4.79 Å². The van der Waals surface area contributed by atoms with E-state index in [0.29, 0.717) is 17.2 Å². The molecule has 1 spiro atoms. The Balaban J connectivity index is 0.00000162. The molecule has 18 heavy (non-hydrogen) atoms. The van der Waals surface area contributed by atoms with Gasteiger partial charge < -0.3 is 10.2 Å². The molecule has 0 radical (unpaired) electrons. The van der Waals surface area contributed by atoms with E-state index in [1.165, 1.54) is 12.8 Å². The summed E-state index contributed by atoms with van der Waals surface area (Å²) in [5.74, 6) is 0.693. The van der Waals surface area contributed by atoms with Crippen molar-refractivity contribution < 1.29 is 4.79 Å². The second kappa shape index (κ2) is 5.38. The molecule has 0 aromatic rings. The maximum Gasteiger partial charge on any atom is 0.226 e. The van der Waals surface area contributed by atoms with Crippen molar-refractivity contribution in [1.82, 2.24) is 10.2 Å². The quantitative estimate of drug-likeness (QED) is 0.838. The van der Waals surface area contributed by atoms with Crippen LogP contribution < -0.4 is 5.32 Å². The van der Waals surface area contributed by atoms with Crippen LogP contribution in [0.3, 0.4) is 0 Å². The fraction of sp³-hybridized carbons (Fsp3) is 0.929. The van der Waals surface area contributed by atoms with E-state index in [4.69, 9.17) is 0 Å². The highest BCUT2D eigenvalue weighted by Crippen LogP contribution is 2.59. The van der Waals surface area contributed by atoms with Crippen molar-refractivity contribution >= 4 is 18.3 Å². The third kappa shape index (κ3) is 3.39. The first kappa shape index (κ1) is 15.8. The molecule has 2 rings (SSSR count). The molecular weight excluding hydrogens is 248 g/mol. The average molecular weight is 275 g/mol. The van der Waals surface area contributed by atoms with Crippen LogP contribution in [-0.4, -0.2) is 37.5 Å². The van der Waals surface area contributed by atoms with E-state index in [9.17, 15) is 4.79 Å². The highest BCUT2D eigenvalue weighted by atomic mass is 35.5. The van der Waals surface area contributed by atoms with Gasteiger partial charge in [0.25, 0.3) is 0 Å². The molecule has 1 amide bonds. The fourth-order valence-electron chi connectivity index (χ4n) is 3.23. The van der Waals surface area contributed by atoms with E-state index in [1.807, 2.05) is 11.9 Å². The minimum Gasteiger partial charge on any atom is -0.345 e. The first-order valence-electron chi connectivity index (χ1n) is 6.80. The summed E-state index contributed by atoms with van der Waals surface area (Å²) in [5.41, 5.74) is 0.565. The summed E-state index contributed by atoms with van der Waals surface area (Å²) >= 11 is 0. The van der Waals surface area contributed by atoms with Crippen LogP contribution in [0.4, 0.5) is 0 Å². The van der Waals surface area contributed by atoms with Gasteiger partial charge >= 0.3 is 0 Å². The van der Waals surface area contributed by atoms with Crippen LogP contribution >= 0.6 is 12.4 Å². The first-order valence-corrected chi connectivity index (χ1v) is 6.80. The molecule has 1 atom stereocenters. The van der Waals surface area contributed by atoms with Crippen LogP contribution in [0.1, 0.15) is 40.0 Å². The van der Waals surface area contributed by atoms with Gasteiger partial charge in [0.05, 0.1) is 0 Å². The first-order chi connectivity index (χ1) is 7.84. The van der Waals surface area contributed by atoms with Gasteiger partial charge in [-0.2, -0.15) is 0 Å². The van der Waals surface area contributed by atoms with Crippen molar-refractivity contribution in [3.05, 3.63) is 0 Å². The van der Waals surface area contributed by atoms with Crippen molar-refractivity contribution in [3.8, 4) is 0 Å². The molecule has 2 aliphatic rings. The Hall–Kier alpha value is -0.280. The maximum atomic E-state index is 12.4. The molecule has 1 aliphatic carbocycles. The van der Waals surface area contributed by atoms with Gasteiger partial charge in [0, 0.05) is 19.5 Å². The minimum absolute atomic E-state index is 0. The summed E-state index contributed by atoms with van der Waals surface area (Å²) in [4.78, 5) is 14.3. The normalized spacial score (nSPS) is 25.4. The number of hydrogen-bond donors (Lipinski definition) is 1. The number of hydrogen-bond acceptors (Lipinski definition) is 2. The van der Waals surface area contributed by atoms with Crippen molar-refractivity contribution in [2.75, 3.05) is 26.7 Å². The molecule has 1 saturated heterocycles. The zero-order valence-electron chi connectivity index (χ0n) is 12.1. The molecule has 1 heterocycles. The molecule has 1 saturated carbocycles. The second-order valence-electron chi connectivity index (χ2n) is 7.12. The molecule has 0 aromatic heterocycles. The Morgan fingerprint density at radius 2 is 1.89 bits per heavy atom. The Kier molecular flexibility index (Phi) is 4.71. The fourth-order valence-corrected chi connectivity index (χ4v) is 3.23. The SMILES string of the molecule is CN(CC(C)(C)C)C(=O)C1CC12CCNCC2.Cl. The smallest absolute Gasteiger partial charge is 0.226 e. The van der Waals surface area contributed by atoms with Gasteiger partial charge in [0.2, 0.25) is 5.91 Å². The molecule has 106 valence electrons. The maximum absolute atomic E-state index is 12.4. The number of halogens is 1. The van der Waals surface area contributed by atoms with Crippen molar-refractivity contribution in [3.63, 3.8) is 0 Å². The van der Waals surface area contributed by atoms with Crippen molar-refractivity contribution in [1.29, 1.82) is 0 Å². The van der Waals surface area contributed by atoms with Gasteiger partial charge in [-0.1, -0.05) is 20.8 Å². The number of piperidine rings is 1. The van der Waals surface area contributed by atoms with Gasteiger partial charge in [-0.15, -0.1) is 12.4 Å². The lowest BCUT2D eigenvalue weighted by atomic mass is 9.91. The summed E-state index contributed by atoms with van der Waals surface area (Å²) < 4.78 is 0. The second-order valence-corrected chi connectivity index (χ2v) is 7.12. The highest BCUT2D eigenvalue weighted by Gasteiger charge is 2.58. The molecule has 1 aliphatic heterocycles. The minimum atomic E-state index is 0. The van der Waals surface area contributed by atoms with Crippen LogP contribution in [0.15, 0.2) is 0 Å². The summed E-state index contributed by atoms with van der Waals surface area (Å²) in [6, 6.07) is 0. The largest absolute Gasteiger partial charge is 0.345 e. The number of rotatable bonds is 2. The summed E-state index contributed by atoms with van der Waals surface area (Å²) in [5, 5.41) is 3.38. The molecule has 0 bridgehead atoms. The molecule has 0 aromatic carbocycles. The van der Waals surface area contributed by atoms with Crippen molar-refractivity contribution in [2.24, 2.45) is 16.7 Å². The van der Waals surface area contributed by atoms with Crippen molar-refractivity contribution in [2.45, 2.75) is 40.0 Å². The Morgan fingerprint density at radius 3 is 2.39 bits per heavy atom. The molecule has 1 N–H and O–H groups in total. The molecular formula is C14H27ClN2O. The molecule has 4 heteroatoms. The lowest BCUT2D eigenvalue weighted by Crippen LogP contribution is -2.38. The lowest BCUT2D eigenvalue weighted by molar-refractivity contribution is -0.133. The Morgan fingerprint density at radius 1 is 1.33 bits per heavy atom. The highest BCUT2D eigenvalue weighted by molar-refractivity contribution is 5.85. The summed E-state index contributed by atoms with van der Waals surface area (Å²) in [7, 11) is 1.96. The number of nitrogens with zero attached hydrogens (tertiary/aromatic N) is 1. The van der Waals surface area contributed by atoms with Crippen LogP contribution in [0.5, 0.6) is 0 Å². The zero-order chi connectivity index (χ0) is 12.7. The third-order valence-electron chi connectivity index (χ3n) is 4.17. The summed E-state index contributed by atoms with van der Waals surface area (Å²) in [6.45, 7) is 9.59. The van der Waals surface area contributed by atoms with Crippen LogP contribution in [0.25, 0.3) is 0 Å². The Labute approximate surface area is 117 Å². The number of nitrogens with one attached hydrogen (secondary N) is 1. The number of carbonyl (C=O) groups excluding carboxylic acids is 1. The van der Waals surface area contributed by atoms with Gasteiger partial charge in [0.1, 0.15) is 0 Å². The predicted octanol–water partition coefficient (Wildman–Crippen LogP) is 2.30. The van der Waals surface area contributed by atoms with E-state index in [2.05, 4.69) is 26.1 Å². The van der Waals surface area contributed by atoms with E-state index in [1.54, 1.807) is 0 Å². The van der Waals surface area contributed by atoms with E-state index in [0.717, 1.165) is 26.1 Å². The average Bonchev–Trinajstić information content (AvgIpc) is 2.89. The third-order valence-corrected chi connectivity index (χ3v) is 4.17. The molecule has 1 unspecified atom stereocenters. The number of amides is 1. The van der Waals surface area contributed by atoms with Gasteiger partial charge in [-0.3, -0.25) is 4.79 Å². The van der Waals surface area contributed by atoms with Crippen LogP contribution in [0.2, 0.25) is 0 Å². The lowest BCUT2D eigenvalue weighted by Gasteiger charge is -2.29. The standard InChI is InChI=1S/C14H26N2O.ClH/c1-13(2,3)10-16(4)12(17)11-9-14(11)5-7-15-8-6-14;/h11,15H,5-10H2,1-4H3;1H. The van der Waals surface area contributed by atoms with Crippen LogP contribution in [0, 0.1) is 16.7 Å². The monoisotopic (exact) mass is 274 g/mol. The van der Waals surface area contributed by atoms with Gasteiger partial charge in [0.15, 0.2) is 0 Å². The molecule has 3 nitrogen and oxygen atoms in total.